The van der Waals surface area contributed by atoms with Gasteiger partial charge in [0.05, 0.1) is 6.20 Å². The third kappa shape index (κ3) is 2.56. The first-order chi connectivity index (χ1) is 9.08. The zero-order valence-electron chi connectivity index (χ0n) is 11.2. The monoisotopic (exact) mass is 283 g/mol. The number of nitrogens with zero attached hydrogens (tertiary/aromatic N) is 1. The van der Waals surface area contributed by atoms with Gasteiger partial charge in [0, 0.05) is 13.0 Å². The van der Waals surface area contributed by atoms with E-state index in [4.69, 9.17) is 0 Å². The van der Waals surface area contributed by atoms with Crippen molar-refractivity contribution in [3.05, 3.63) is 12.0 Å². The highest BCUT2D eigenvalue weighted by Crippen LogP contribution is 2.47. The van der Waals surface area contributed by atoms with E-state index in [0.29, 0.717) is 24.7 Å². The number of rotatable bonds is 5. The Morgan fingerprint density at radius 2 is 2.26 bits per heavy atom. The Kier molecular flexibility index (Phi) is 3.39. The normalized spacial score (nSPS) is 30.1. The van der Waals surface area contributed by atoms with Gasteiger partial charge in [0.1, 0.15) is 5.82 Å². The van der Waals surface area contributed by atoms with Gasteiger partial charge in [0.15, 0.2) is 5.03 Å². The molecule has 1 aromatic rings. The lowest BCUT2D eigenvalue weighted by Gasteiger charge is -2.21. The Morgan fingerprint density at radius 1 is 1.42 bits per heavy atom. The number of aromatic amines is 1. The largest absolute Gasteiger partial charge is 0.332 e. The van der Waals surface area contributed by atoms with Crippen molar-refractivity contribution in [1.82, 2.24) is 14.7 Å². The van der Waals surface area contributed by atoms with Gasteiger partial charge < -0.3 is 4.98 Å². The average Bonchev–Trinajstić information content (AvgIpc) is 3.11. The number of imidazole rings is 1. The fourth-order valence-corrected chi connectivity index (χ4v) is 4.61. The van der Waals surface area contributed by atoms with Crippen LogP contribution >= 0.6 is 0 Å². The van der Waals surface area contributed by atoms with Crippen LogP contribution in [0, 0.1) is 17.8 Å². The number of hydrogen-bond donors (Lipinski definition) is 2. The highest BCUT2D eigenvalue weighted by Gasteiger charge is 2.39. The number of fused-ring (bicyclic) bond motifs is 2. The van der Waals surface area contributed by atoms with Gasteiger partial charge in [-0.05, 0) is 37.0 Å². The molecule has 0 spiro atoms. The van der Waals surface area contributed by atoms with Crippen LogP contribution in [0.3, 0.4) is 0 Å². The summed E-state index contributed by atoms with van der Waals surface area (Å²) in [5.41, 5.74) is 0. The van der Waals surface area contributed by atoms with E-state index in [1.54, 1.807) is 0 Å². The summed E-state index contributed by atoms with van der Waals surface area (Å²) in [5.74, 6) is 2.82. The first kappa shape index (κ1) is 13.1. The van der Waals surface area contributed by atoms with Crippen molar-refractivity contribution in [2.45, 2.75) is 44.1 Å². The molecular weight excluding hydrogens is 262 g/mol. The van der Waals surface area contributed by atoms with Crippen LogP contribution in [0.5, 0.6) is 0 Å². The topological polar surface area (TPSA) is 74.8 Å². The minimum absolute atomic E-state index is 0.188. The number of hydrogen-bond acceptors (Lipinski definition) is 3. The van der Waals surface area contributed by atoms with E-state index in [1.807, 2.05) is 6.92 Å². The number of aryl methyl sites for hydroxylation is 1. The molecule has 2 saturated carbocycles. The predicted molar refractivity (Wildman–Crippen MR) is 72.1 cm³/mol. The third-order valence-electron chi connectivity index (χ3n) is 4.65. The minimum atomic E-state index is -3.42. The molecule has 2 aliphatic rings. The molecule has 0 radical (unpaired) electrons. The zero-order valence-corrected chi connectivity index (χ0v) is 12.0. The van der Waals surface area contributed by atoms with Crippen LogP contribution in [0.2, 0.25) is 0 Å². The molecule has 0 amide bonds. The number of nitrogens with one attached hydrogen (secondary N) is 2. The summed E-state index contributed by atoms with van der Waals surface area (Å²) in [4.78, 5) is 6.90. The fraction of sp³-hybridized carbons (Fsp3) is 0.769. The van der Waals surface area contributed by atoms with Gasteiger partial charge in [0.25, 0.3) is 10.0 Å². The summed E-state index contributed by atoms with van der Waals surface area (Å²) in [6.07, 6.45) is 7.23. The van der Waals surface area contributed by atoms with Crippen LogP contribution in [0.1, 0.15) is 38.4 Å². The fourth-order valence-electron chi connectivity index (χ4n) is 3.58. The van der Waals surface area contributed by atoms with Crippen molar-refractivity contribution >= 4 is 10.0 Å². The van der Waals surface area contributed by atoms with Crippen LogP contribution in [0.25, 0.3) is 0 Å². The smallest absolute Gasteiger partial charge is 0.257 e. The molecule has 19 heavy (non-hydrogen) atoms. The van der Waals surface area contributed by atoms with Gasteiger partial charge in [-0.15, -0.1) is 0 Å². The molecule has 0 aromatic carbocycles. The molecule has 2 fully saturated rings. The van der Waals surface area contributed by atoms with Crippen LogP contribution in [0.15, 0.2) is 11.2 Å². The van der Waals surface area contributed by atoms with E-state index < -0.39 is 10.0 Å². The molecule has 3 atom stereocenters. The molecule has 0 aliphatic heterocycles. The van der Waals surface area contributed by atoms with Gasteiger partial charge >= 0.3 is 0 Å². The van der Waals surface area contributed by atoms with E-state index in [9.17, 15) is 8.42 Å². The highest BCUT2D eigenvalue weighted by molar-refractivity contribution is 7.89. The van der Waals surface area contributed by atoms with E-state index in [1.165, 1.54) is 31.9 Å². The van der Waals surface area contributed by atoms with Gasteiger partial charge in [-0.25, -0.2) is 18.1 Å². The lowest BCUT2D eigenvalue weighted by Crippen LogP contribution is -2.31. The molecule has 2 N–H and O–H groups in total. The molecule has 3 unspecified atom stereocenters. The SMILES string of the molecule is CCc1ncc(S(=O)(=O)NCC2CC3CCC2C3)[nH]1. The molecule has 1 heterocycles. The van der Waals surface area contributed by atoms with Gasteiger partial charge in [-0.1, -0.05) is 13.3 Å². The molecule has 6 heteroatoms. The number of H-pyrrole nitrogens is 1. The maximum absolute atomic E-state index is 12.1. The molecule has 2 bridgehead atoms. The van der Waals surface area contributed by atoms with Crippen LogP contribution in [0.4, 0.5) is 0 Å². The summed E-state index contributed by atoms with van der Waals surface area (Å²) in [6, 6.07) is 0. The van der Waals surface area contributed by atoms with Gasteiger partial charge in [-0.2, -0.15) is 0 Å². The quantitative estimate of drug-likeness (QED) is 0.863. The standard InChI is InChI=1S/C13H21N3O2S/c1-2-12-14-8-13(16-12)19(17,18)15-7-11-6-9-3-4-10(11)5-9/h8-11,15H,2-7H2,1H3,(H,14,16). The Labute approximate surface area is 114 Å². The molecule has 2 aliphatic carbocycles. The maximum Gasteiger partial charge on any atom is 0.257 e. The molecule has 5 nitrogen and oxygen atoms in total. The summed E-state index contributed by atoms with van der Waals surface area (Å²) in [5, 5.41) is 0.188. The van der Waals surface area contributed by atoms with E-state index >= 15 is 0 Å². The van der Waals surface area contributed by atoms with Crippen molar-refractivity contribution in [2.24, 2.45) is 17.8 Å². The summed E-state index contributed by atoms with van der Waals surface area (Å²) in [7, 11) is -3.42. The van der Waals surface area contributed by atoms with Crippen molar-refractivity contribution < 1.29 is 8.42 Å². The average molecular weight is 283 g/mol. The Balaban J connectivity index is 1.62. The van der Waals surface area contributed by atoms with Crippen molar-refractivity contribution in [3.8, 4) is 0 Å². The summed E-state index contributed by atoms with van der Waals surface area (Å²) in [6.45, 7) is 2.52. The second-order valence-corrected chi connectivity index (χ2v) is 7.57. The molecular formula is C13H21N3O2S. The van der Waals surface area contributed by atoms with E-state index in [-0.39, 0.29) is 5.03 Å². The lowest BCUT2D eigenvalue weighted by molar-refractivity contribution is 0.332. The van der Waals surface area contributed by atoms with Gasteiger partial charge in [0.2, 0.25) is 0 Å². The first-order valence-electron chi connectivity index (χ1n) is 7.12. The lowest BCUT2D eigenvalue weighted by atomic mass is 9.89. The predicted octanol–water partition coefficient (Wildman–Crippen LogP) is 1.69. The molecule has 0 saturated heterocycles. The number of aromatic nitrogens is 2. The minimum Gasteiger partial charge on any atom is -0.332 e. The number of sulfonamides is 1. The van der Waals surface area contributed by atoms with Crippen LogP contribution < -0.4 is 4.72 Å². The molecule has 106 valence electrons. The van der Waals surface area contributed by atoms with Crippen molar-refractivity contribution in [1.29, 1.82) is 0 Å². The second-order valence-electron chi connectivity index (χ2n) is 5.83. The second kappa shape index (κ2) is 4.90. The third-order valence-corrected chi connectivity index (χ3v) is 5.98. The highest BCUT2D eigenvalue weighted by atomic mass is 32.2. The van der Waals surface area contributed by atoms with Crippen molar-refractivity contribution in [3.63, 3.8) is 0 Å². The van der Waals surface area contributed by atoms with E-state index in [2.05, 4.69) is 14.7 Å². The van der Waals surface area contributed by atoms with E-state index in [0.717, 1.165) is 11.8 Å². The van der Waals surface area contributed by atoms with Crippen LogP contribution in [-0.4, -0.2) is 24.9 Å². The molecule has 3 rings (SSSR count). The van der Waals surface area contributed by atoms with Gasteiger partial charge in [-0.3, -0.25) is 0 Å². The summed E-state index contributed by atoms with van der Waals surface area (Å²) >= 11 is 0. The van der Waals surface area contributed by atoms with Crippen LogP contribution in [-0.2, 0) is 16.4 Å². The summed E-state index contributed by atoms with van der Waals surface area (Å²) < 4.78 is 27.0. The Morgan fingerprint density at radius 3 is 2.84 bits per heavy atom. The van der Waals surface area contributed by atoms with Crippen molar-refractivity contribution in [2.75, 3.05) is 6.54 Å². The first-order valence-corrected chi connectivity index (χ1v) is 8.60. The zero-order chi connectivity index (χ0) is 13.5. The Bertz CT molecular complexity index is 552. The molecule has 1 aromatic heterocycles. The Hall–Kier alpha value is -0.880. The maximum atomic E-state index is 12.1.